The average molecular weight is 100 g/mol. The van der Waals surface area contributed by atoms with Crippen molar-refractivity contribution in [2.45, 2.75) is 13.8 Å². The van der Waals surface area contributed by atoms with Crippen LogP contribution in [0.15, 0.2) is 0 Å². The molecule has 1 nitrogen and oxygen atoms in total. The number of aliphatic hydroxyl groups is 1. The summed E-state index contributed by atoms with van der Waals surface area (Å²) < 4.78 is 0. The van der Waals surface area contributed by atoms with Gasteiger partial charge in [-0.2, -0.15) is 0 Å². The van der Waals surface area contributed by atoms with E-state index in [9.17, 15) is 0 Å². The Kier molecular flexibility index (Phi) is 9.42. The molecule has 0 aliphatic rings. The van der Waals surface area contributed by atoms with Gasteiger partial charge in [0, 0.05) is 6.61 Å². The minimum Gasteiger partial charge on any atom is -1.00 e. The van der Waals surface area contributed by atoms with E-state index in [1.54, 1.807) is 0 Å². The zero-order valence-electron chi connectivity index (χ0n) is 6.44. The van der Waals surface area contributed by atoms with E-state index in [1.807, 2.05) is 13.8 Å². The van der Waals surface area contributed by atoms with E-state index in [1.165, 1.54) is 0 Å². The SMILES string of the molecule is CC(C)CO.[H-].[H-].[Mg+2]. The predicted molar refractivity (Wildman–Crippen MR) is 29.9 cm³/mol. The molecule has 0 radical (unpaired) electrons. The Morgan fingerprint density at radius 3 is 1.83 bits per heavy atom. The molecule has 0 aliphatic heterocycles. The zero-order chi connectivity index (χ0) is 4.28. The molecule has 0 aromatic rings. The minimum atomic E-state index is 0. The van der Waals surface area contributed by atoms with Crippen molar-refractivity contribution in [3.05, 3.63) is 0 Å². The van der Waals surface area contributed by atoms with Crippen molar-refractivity contribution in [2.24, 2.45) is 5.92 Å². The van der Waals surface area contributed by atoms with E-state index in [0.29, 0.717) is 12.5 Å². The molecule has 1 N–H and O–H groups in total. The molecule has 0 fully saturated rings. The van der Waals surface area contributed by atoms with Crippen molar-refractivity contribution in [1.29, 1.82) is 0 Å². The van der Waals surface area contributed by atoms with Crippen LogP contribution in [0, 0.1) is 5.92 Å². The van der Waals surface area contributed by atoms with Crippen molar-refractivity contribution < 1.29 is 7.96 Å². The molecule has 6 heavy (non-hydrogen) atoms. The van der Waals surface area contributed by atoms with Crippen LogP contribution in [0.2, 0.25) is 0 Å². The molecule has 0 aliphatic carbocycles. The van der Waals surface area contributed by atoms with Crippen LogP contribution in [-0.2, 0) is 0 Å². The summed E-state index contributed by atoms with van der Waals surface area (Å²) in [5.41, 5.74) is 0. The molecule has 0 amide bonds. The van der Waals surface area contributed by atoms with Crippen LogP contribution in [0.4, 0.5) is 0 Å². The van der Waals surface area contributed by atoms with Crippen LogP contribution in [0.1, 0.15) is 16.7 Å². The van der Waals surface area contributed by atoms with Crippen LogP contribution < -0.4 is 0 Å². The fourth-order valence-electron chi connectivity index (χ4n) is 0. The molecule has 0 rings (SSSR count). The molecule has 0 atom stereocenters. The van der Waals surface area contributed by atoms with Gasteiger partial charge in [-0.25, -0.2) is 0 Å². The normalized spacial score (nSPS) is 8.00. The van der Waals surface area contributed by atoms with Crippen molar-refractivity contribution >= 4 is 23.1 Å². The smallest absolute Gasteiger partial charge is 1.00 e. The summed E-state index contributed by atoms with van der Waals surface area (Å²) >= 11 is 0. The summed E-state index contributed by atoms with van der Waals surface area (Å²) in [6, 6.07) is 0. The van der Waals surface area contributed by atoms with Crippen molar-refractivity contribution in [3.8, 4) is 0 Å². The molecule has 0 unspecified atom stereocenters. The maximum atomic E-state index is 8.14. The summed E-state index contributed by atoms with van der Waals surface area (Å²) in [7, 11) is 0. The molecule has 0 heterocycles. The van der Waals surface area contributed by atoms with E-state index in [2.05, 4.69) is 0 Å². The molecular weight excluding hydrogens is 88.3 g/mol. The van der Waals surface area contributed by atoms with E-state index in [4.69, 9.17) is 5.11 Å². The third-order valence-corrected chi connectivity index (χ3v) is 0.365. The Morgan fingerprint density at radius 1 is 1.67 bits per heavy atom. The second-order valence-electron chi connectivity index (χ2n) is 1.58. The fraction of sp³-hybridized carbons (Fsp3) is 1.00. The van der Waals surface area contributed by atoms with Gasteiger partial charge >= 0.3 is 23.1 Å². The first-order chi connectivity index (χ1) is 2.27. The van der Waals surface area contributed by atoms with Gasteiger partial charge < -0.3 is 7.96 Å². The van der Waals surface area contributed by atoms with Gasteiger partial charge in [0.1, 0.15) is 0 Å². The van der Waals surface area contributed by atoms with E-state index < -0.39 is 0 Å². The average Bonchev–Trinajstić information content (AvgIpc) is 1.38. The Morgan fingerprint density at radius 2 is 1.83 bits per heavy atom. The first-order valence-electron chi connectivity index (χ1n) is 1.88. The topological polar surface area (TPSA) is 20.2 Å². The van der Waals surface area contributed by atoms with Crippen molar-refractivity contribution in [1.82, 2.24) is 0 Å². The van der Waals surface area contributed by atoms with E-state index >= 15 is 0 Å². The van der Waals surface area contributed by atoms with Gasteiger partial charge in [0.15, 0.2) is 0 Å². The zero-order valence-corrected chi connectivity index (χ0v) is 5.85. The first kappa shape index (κ1) is 9.87. The number of hydrogen-bond acceptors (Lipinski definition) is 1. The second-order valence-corrected chi connectivity index (χ2v) is 1.58. The maximum Gasteiger partial charge on any atom is 2.00 e. The summed E-state index contributed by atoms with van der Waals surface area (Å²) in [5.74, 6) is 0.440. The minimum absolute atomic E-state index is 0. The number of rotatable bonds is 1. The largest absolute Gasteiger partial charge is 2.00 e. The molecule has 0 spiro atoms. The quantitative estimate of drug-likeness (QED) is 0.475. The van der Waals surface area contributed by atoms with Gasteiger partial charge in [0.05, 0.1) is 0 Å². The molecule has 0 aromatic carbocycles. The summed E-state index contributed by atoms with van der Waals surface area (Å²) in [6.07, 6.45) is 0. The first-order valence-corrected chi connectivity index (χ1v) is 1.88. The molecular formula is C4H12MgO. The predicted octanol–water partition coefficient (Wildman–Crippen LogP) is 0.479. The van der Waals surface area contributed by atoms with Crippen LogP contribution in [0.3, 0.4) is 0 Å². The molecule has 2 heteroatoms. The Labute approximate surface area is 57.9 Å². The Hall–Kier alpha value is 0.726. The van der Waals surface area contributed by atoms with Gasteiger partial charge in [0.2, 0.25) is 0 Å². The molecule has 0 bridgehead atoms. The van der Waals surface area contributed by atoms with E-state index in [-0.39, 0.29) is 25.9 Å². The van der Waals surface area contributed by atoms with Gasteiger partial charge in [0.25, 0.3) is 0 Å². The van der Waals surface area contributed by atoms with Crippen LogP contribution in [0.25, 0.3) is 0 Å². The van der Waals surface area contributed by atoms with Gasteiger partial charge in [-0.05, 0) is 5.92 Å². The molecule has 0 saturated heterocycles. The number of hydrogen-bond donors (Lipinski definition) is 1. The Balaban J connectivity index is -0.0000000267. The van der Waals surface area contributed by atoms with Gasteiger partial charge in [-0.3, -0.25) is 0 Å². The van der Waals surface area contributed by atoms with Crippen LogP contribution >= 0.6 is 0 Å². The number of aliphatic hydroxyl groups excluding tert-OH is 1. The summed E-state index contributed by atoms with van der Waals surface area (Å²) in [4.78, 5) is 0. The van der Waals surface area contributed by atoms with Crippen LogP contribution in [0.5, 0.6) is 0 Å². The standard InChI is InChI=1S/C4H10O.Mg.2H/c1-4(2)3-5;;;/h4-5H,3H2,1-2H3;;;/q;+2;2*-1. The fourth-order valence-corrected chi connectivity index (χ4v) is 0. The molecule has 36 valence electrons. The summed E-state index contributed by atoms with van der Waals surface area (Å²) in [6.45, 7) is 4.25. The third kappa shape index (κ3) is 8.83. The monoisotopic (exact) mass is 100 g/mol. The molecule has 0 saturated carbocycles. The maximum absolute atomic E-state index is 8.14. The second kappa shape index (κ2) is 5.73. The van der Waals surface area contributed by atoms with Crippen LogP contribution in [-0.4, -0.2) is 34.8 Å². The summed E-state index contributed by atoms with van der Waals surface area (Å²) in [5, 5.41) is 8.14. The third-order valence-electron chi connectivity index (χ3n) is 0.365. The Bertz CT molecular complexity index is 28.0. The van der Waals surface area contributed by atoms with E-state index in [0.717, 1.165) is 0 Å². The molecule has 0 aromatic heterocycles. The van der Waals surface area contributed by atoms with Crippen molar-refractivity contribution in [2.75, 3.05) is 6.61 Å². The van der Waals surface area contributed by atoms with Crippen molar-refractivity contribution in [3.63, 3.8) is 0 Å². The van der Waals surface area contributed by atoms with Gasteiger partial charge in [-0.15, -0.1) is 0 Å². The van der Waals surface area contributed by atoms with Gasteiger partial charge in [-0.1, -0.05) is 13.8 Å².